The molecule has 1 amide bonds. The molecule has 0 aliphatic carbocycles. The van der Waals surface area contributed by atoms with Crippen molar-refractivity contribution < 1.29 is 4.79 Å². The molecule has 0 fully saturated rings. The Morgan fingerprint density at radius 1 is 1.04 bits per heavy atom. The number of carbonyl (C=O) groups is 1. The number of benzene rings is 1. The Morgan fingerprint density at radius 2 is 1.63 bits per heavy atom. The summed E-state index contributed by atoms with van der Waals surface area (Å²) in [7, 11) is 5.82. The Labute approximate surface area is 174 Å². The Kier molecular flexibility index (Phi) is 9.79. The summed E-state index contributed by atoms with van der Waals surface area (Å²) in [6, 6.07) is 10.1. The van der Waals surface area contributed by atoms with Gasteiger partial charge in [-0.3, -0.25) is 9.78 Å². The zero-order chi connectivity index (χ0) is 18.6. The molecule has 7 heteroatoms. The number of carbonyl (C=O) groups excluding carboxylic acids is 1. The lowest BCUT2D eigenvalue weighted by Gasteiger charge is -2.29. The Hall–Kier alpha value is -1.82. The van der Waals surface area contributed by atoms with Gasteiger partial charge in [-0.2, -0.15) is 0 Å². The van der Waals surface area contributed by atoms with Gasteiger partial charge in [-0.1, -0.05) is 26.0 Å². The standard InChI is InChI=1S/C20H28N4O.2ClH/c1-20(2,13-21)14-24(5)19(25)17-10-16(11-22-12-17)15-6-8-18(9-7-15)23(3)4;;/h6-12H,13-14,21H2,1-5H3;2*1H. The summed E-state index contributed by atoms with van der Waals surface area (Å²) < 4.78 is 0. The van der Waals surface area contributed by atoms with Crippen LogP contribution in [0.15, 0.2) is 42.7 Å². The Morgan fingerprint density at radius 3 is 2.15 bits per heavy atom. The Bertz CT molecular complexity index is 733. The monoisotopic (exact) mass is 412 g/mol. The van der Waals surface area contributed by atoms with Crippen LogP contribution in [0.1, 0.15) is 24.2 Å². The van der Waals surface area contributed by atoms with Crippen molar-refractivity contribution in [3.63, 3.8) is 0 Å². The molecular weight excluding hydrogens is 383 g/mol. The summed E-state index contributed by atoms with van der Waals surface area (Å²) in [4.78, 5) is 20.7. The molecule has 1 aromatic carbocycles. The van der Waals surface area contributed by atoms with Crippen LogP contribution in [-0.2, 0) is 0 Å². The molecule has 2 aromatic rings. The molecule has 0 unspecified atom stereocenters. The number of pyridine rings is 1. The average molecular weight is 413 g/mol. The molecule has 0 atom stereocenters. The van der Waals surface area contributed by atoms with Crippen LogP contribution >= 0.6 is 24.8 Å². The highest BCUT2D eigenvalue weighted by Crippen LogP contribution is 2.23. The van der Waals surface area contributed by atoms with Gasteiger partial charge in [0.05, 0.1) is 5.56 Å². The molecule has 2 N–H and O–H groups in total. The van der Waals surface area contributed by atoms with Gasteiger partial charge < -0.3 is 15.5 Å². The van der Waals surface area contributed by atoms with Gasteiger partial charge in [-0.25, -0.2) is 0 Å². The van der Waals surface area contributed by atoms with Crippen LogP contribution in [0.4, 0.5) is 5.69 Å². The largest absolute Gasteiger partial charge is 0.378 e. The lowest BCUT2D eigenvalue weighted by molar-refractivity contribution is 0.0740. The van der Waals surface area contributed by atoms with Crippen molar-refractivity contribution in [2.45, 2.75) is 13.8 Å². The average Bonchev–Trinajstić information content (AvgIpc) is 2.61. The number of hydrogen-bond acceptors (Lipinski definition) is 4. The predicted octanol–water partition coefficient (Wildman–Crippen LogP) is 3.72. The first-order chi connectivity index (χ1) is 11.7. The summed E-state index contributed by atoms with van der Waals surface area (Å²) in [5.41, 5.74) is 9.35. The second-order valence-electron chi connectivity index (χ2n) is 7.43. The number of amides is 1. The fraction of sp³-hybridized carbons (Fsp3) is 0.400. The van der Waals surface area contributed by atoms with Crippen LogP contribution in [0.5, 0.6) is 0 Å². The summed E-state index contributed by atoms with van der Waals surface area (Å²) >= 11 is 0. The van der Waals surface area contributed by atoms with E-state index < -0.39 is 0 Å². The first kappa shape index (κ1) is 25.2. The molecule has 1 heterocycles. The molecule has 0 saturated heterocycles. The summed E-state index contributed by atoms with van der Waals surface area (Å²) in [5.74, 6) is -0.0409. The van der Waals surface area contributed by atoms with E-state index in [1.807, 2.05) is 32.3 Å². The van der Waals surface area contributed by atoms with Crippen molar-refractivity contribution in [2.24, 2.45) is 11.1 Å². The molecule has 2 rings (SSSR count). The highest BCUT2D eigenvalue weighted by Gasteiger charge is 2.22. The van der Waals surface area contributed by atoms with Crippen molar-refractivity contribution in [3.8, 4) is 11.1 Å². The van der Waals surface area contributed by atoms with Crippen molar-refractivity contribution >= 4 is 36.4 Å². The topological polar surface area (TPSA) is 62.5 Å². The van der Waals surface area contributed by atoms with Crippen LogP contribution in [0.25, 0.3) is 11.1 Å². The van der Waals surface area contributed by atoms with Crippen LogP contribution in [0.3, 0.4) is 0 Å². The van der Waals surface area contributed by atoms with E-state index in [9.17, 15) is 4.79 Å². The van der Waals surface area contributed by atoms with Gasteiger partial charge in [0.1, 0.15) is 0 Å². The number of nitrogens with two attached hydrogens (primary N) is 1. The number of rotatable bonds is 6. The first-order valence-electron chi connectivity index (χ1n) is 8.42. The van der Waals surface area contributed by atoms with E-state index in [0.29, 0.717) is 18.7 Å². The SMILES string of the molecule is CN(CC(C)(C)CN)C(=O)c1cncc(-c2ccc(N(C)C)cc2)c1.Cl.Cl. The molecule has 0 spiro atoms. The van der Waals surface area contributed by atoms with E-state index in [1.54, 1.807) is 24.3 Å². The van der Waals surface area contributed by atoms with Crippen molar-refractivity contribution in [1.29, 1.82) is 0 Å². The van der Waals surface area contributed by atoms with E-state index in [2.05, 4.69) is 35.9 Å². The van der Waals surface area contributed by atoms with E-state index in [4.69, 9.17) is 5.73 Å². The zero-order valence-electron chi connectivity index (χ0n) is 16.6. The second kappa shape index (κ2) is 10.5. The Balaban J connectivity index is 0.00000338. The smallest absolute Gasteiger partial charge is 0.255 e. The maximum absolute atomic E-state index is 12.7. The van der Waals surface area contributed by atoms with Gasteiger partial charge in [-0.15, -0.1) is 24.8 Å². The third kappa shape index (κ3) is 6.69. The second-order valence-corrected chi connectivity index (χ2v) is 7.43. The van der Waals surface area contributed by atoms with Crippen LogP contribution < -0.4 is 10.6 Å². The minimum atomic E-state index is -0.114. The number of anilines is 1. The molecule has 1 aromatic heterocycles. The molecule has 27 heavy (non-hydrogen) atoms. The van der Waals surface area contributed by atoms with Gasteiger partial charge in [0, 0.05) is 51.3 Å². The first-order valence-corrected chi connectivity index (χ1v) is 8.42. The van der Waals surface area contributed by atoms with Gasteiger partial charge in [0.15, 0.2) is 0 Å². The van der Waals surface area contributed by atoms with Crippen LogP contribution in [0, 0.1) is 5.41 Å². The maximum Gasteiger partial charge on any atom is 0.255 e. The highest BCUT2D eigenvalue weighted by molar-refractivity contribution is 5.95. The van der Waals surface area contributed by atoms with Gasteiger partial charge in [0.2, 0.25) is 0 Å². The number of halogens is 2. The van der Waals surface area contributed by atoms with Gasteiger partial charge >= 0.3 is 0 Å². The molecule has 5 nitrogen and oxygen atoms in total. The molecule has 0 aliphatic rings. The molecule has 0 saturated carbocycles. The molecule has 0 bridgehead atoms. The van der Waals surface area contributed by atoms with E-state index >= 15 is 0 Å². The lowest BCUT2D eigenvalue weighted by atomic mass is 9.93. The maximum atomic E-state index is 12.7. The summed E-state index contributed by atoms with van der Waals surface area (Å²) in [6.45, 7) is 5.24. The predicted molar refractivity (Wildman–Crippen MR) is 118 cm³/mol. The zero-order valence-corrected chi connectivity index (χ0v) is 18.2. The minimum absolute atomic E-state index is 0. The molecule has 0 aliphatic heterocycles. The van der Waals surface area contributed by atoms with Crippen molar-refractivity contribution in [1.82, 2.24) is 9.88 Å². The number of nitrogens with zero attached hydrogens (tertiary/aromatic N) is 3. The number of aromatic nitrogens is 1. The summed E-state index contributed by atoms with van der Waals surface area (Å²) in [5, 5.41) is 0. The third-order valence-corrected chi connectivity index (χ3v) is 4.27. The quantitative estimate of drug-likeness (QED) is 0.784. The van der Waals surface area contributed by atoms with Crippen LogP contribution in [0.2, 0.25) is 0 Å². The number of hydrogen-bond donors (Lipinski definition) is 1. The van der Waals surface area contributed by atoms with Crippen molar-refractivity contribution in [2.75, 3.05) is 39.1 Å². The van der Waals surface area contributed by atoms with E-state index in [-0.39, 0.29) is 36.1 Å². The third-order valence-electron chi connectivity index (χ3n) is 4.27. The van der Waals surface area contributed by atoms with E-state index in [0.717, 1.165) is 16.8 Å². The molecule has 150 valence electrons. The molecule has 0 radical (unpaired) electrons. The summed E-state index contributed by atoms with van der Waals surface area (Å²) in [6.07, 6.45) is 3.40. The fourth-order valence-corrected chi connectivity index (χ4v) is 2.67. The van der Waals surface area contributed by atoms with Gasteiger partial charge in [0.25, 0.3) is 5.91 Å². The van der Waals surface area contributed by atoms with Crippen LogP contribution in [-0.4, -0.2) is 50.0 Å². The van der Waals surface area contributed by atoms with Crippen molar-refractivity contribution in [3.05, 3.63) is 48.3 Å². The normalized spacial score (nSPS) is 10.4. The van der Waals surface area contributed by atoms with E-state index in [1.165, 1.54) is 0 Å². The fourth-order valence-electron chi connectivity index (χ4n) is 2.67. The molecular formula is C20H30Cl2N4O. The lowest BCUT2D eigenvalue weighted by Crippen LogP contribution is -2.39. The van der Waals surface area contributed by atoms with Gasteiger partial charge in [-0.05, 0) is 35.7 Å². The minimum Gasteiger partial charge on any atom is -0.378 e. The highest BCUT2D eigenvalue weighted by atomic mass is 35.5.